The highest BCUT2D eigenvalue weighted by atomic mass is 19.1. The van der Waals surface area contributed by atoms with E-state index in [2.05, 4.69) is 0 Å². The maximum atomic E-state index is 14.1. The fraction of sp³-hybridized carbons (Fsp3) is 0.467. The van der Waals surface area contributed by atoms with Crippen LogP contribution < -0.4 is 9.47 Å². The first-order chi connectivity index (χ1) is 10.4. The number of hydrogen-bond donors (Lipinski definition) is 1. The van der Waals surface area contributed by atoms with Crippen molar-refractivity contribution in [3.05, 3.63) is 23.5 Å². The van der Waals surface area contributed by atoms with Gasteiger partial charge in [-0.05, 0) is 25.5 Å². The van der Waals surface area contributed by atoms with Crippen molar-refractivity contribution in [3.63, 3.8) is 0 Å². The molecule has 0 bridgehead atoms. The van der Waals surface area contributed by atoms with Crippen LogP contribution in [0.5, 0.6) is 11.5 Å². The lowest BCUT2D eigenvalue weighted by atomic mass is 10.0. The number of likely N-dealkylation sites (tertiary alicyclic amines) is 1. The molecule has 2 unspecified atom stereocenters. The van der Waals surface area contributed by atoms with Gasteiger partial charge in [0.15, 0.2) is 11.5 Å². The number of carbonyl (C=O) groups is 2. The van der Waals surface area contributed by atoms with E-state index in [1.54, 1.807) is 6.92 Å². The van der Waals surface area contributed by atoms with Crippen LogP contribution in [0.1, 0.15) is 23.7 Å². The number of nitrogens with zero attached hydrogens (tertiary/aromatic N) is 1. The van der Waals surface area contributed by atoms with Crippen LogP contribution in [-0.4, -0.2) is 48.7 Å². The molecule has 1 aromatic carbocycles. The summed E-state index contributed by atoms with van der Waals surface area (Å²) in [7, 11) is 2.71. The number of carboxylic acid groups (broad SMARTS) is 1. The van der Waals surface area contributed by atoms with E-state index in [1.165, 1.54) is 25.2 Å². The van der Waals surface area contributed by atoms with Gasteiger partial charge in [-0.2, -0.15) is 0 Å². The minimum absolute atomic E-state index is 0.0125. The third-order valence-electron chi connectivity index (χ3n) is 4.04. The minimum atomic E-state index is -0.958. The van der Waals surface area contributed by atoms with Crippen LogP contribution in [0.25, 0.3) is 0 Å². The molecule has 0 spiro atoms. The number of benzene rings is 1. The summed E-state index contributed by atoms with van der Waals surface area (Å²) in [6, 6.07) is 1.99. The van der Waals surface area contributed by atoms with Gasteiger partial charge in [0.1, 0.15) is 11.4 Å². The molecule has 1 saturated heterocycles. The molecule has 0 radical (unpaired) electrons. The van der Waals surface area contributed by atoms with Crippen molar-refractivity contribution in [1.82, 2.24) is 4.90 Å². The van der Waals surface area contributed by atoms with Crippen molar-refractivity contribution in [2.24, 2.45) is 5.92 Å². The van der Waals surface area contributed by atoms with Crippen molar-refractivity contribution in [1.29, 1.82) is 0 Å². The smallest absolute Gasteiger partial charge is 0.308 e. The first-order valence-corrected chi connectivity index (χ1v) is 6.86. The van der Waals surface area contributed by atoms with Gasteiger partial charge >= 0.3 is 5.97 Å². The lowest BCUT2D eigenvalue weighted by molar-refractivity contribution is -0.142. The van der Waals surface area contributed by atoms with Crippen molar-refractivity contribution in [2.75, 3.05) is 20.8 Å². The summed E-state index contributed by atoms with van der Waals surface area (Å²) in [5.41, 5.74) is -0.236. The second-order valence-electron chi connectivity index (χ2n) is 5.13. The Bertz CT molecular complexity index is 604. The van der Waals surface area contributed by atoms with Crippen molar-refractivity contribution < 1.29 is 28.6 Å². The average Bonchev–Trinajstić information content (AvgIpc) is 2.87. The predicted molar refractivity (Wildman–Crippen MR) is 75.7 cm³/mol. The minimum Gasteiger partial charge on any atom is -0.493 e. The monoisotopic (exact) mass is 311 g/mol. The zero-order chi connectivity index (χ0) is 16.4. The molecule has 1 aromatic rings. The SMILES string of the molecule is COc1ccc(F)c(C(=O)N2CCC(C(=O)O)C2C)c1OC. The van der Waals surface area contributed by atoms with Gasteiger partial charge in [0.25, 0.3) is 5.91 Å². The van der Waals surface area contributed by atoms with Gasteiger partial charge in [0.05, 0.1) is 20.1 Å². The standard InChI is InChI=1S/C15H18FNO5/c1-8-9(15(19)20)6-7-17(8)14(18)12-10(16)4-5-11(21-2)13(12)22-3/h4-5,8-9H,6-7H2,1-3H3,(H,19,20). The van der Waals surface area contributed by atoms with Gasteiger partial charge in [-0.1, -0.05) is 0 Å². The summed E-state index contributed by atoms with van der Waals surface area (Å²) in [5.74, 6) is -2.67. The molecule has 2 atom stereocenters. The molecule has 1 heterocycles. The molecule has 6 nitrogen and oxygen atoms in total. The first kappa shape index (κ1) is 16.1. The molecule has 7 heteroatoms. The lowest BCUT2D eigenvalue weighted by Gasteiger charge is -2.24. The highest BCUT2D eigenvalue weighted by molar-refractivity contribution is 5.98. The lowest BCUT2D eigenvalue weighted by Crippen LogP contribution is -2.38. The average molecular weight is 311 g/mol. The molecular formula is C15H18FNO5. The third-order valence-corrected chi connectivity index (χ3v) is 4.04. The van der Waals surface area contributed by atoms with Crippen molar-refractivity contribution >= 4 is 11.9 Å². The van der Waals surface area contributed by atoms with E-state index in [0.717, 1.165) is 6.07 Å². The van der Waals surface area contributed by atoms with E-state index in [-0.39, 0.29) is 23.6 Å². The Labute approximate surface area is 127 Å². The van der Waals surface area contributed by atoms with Gasteiger partial charge < -0.3 is 19.5 Å². The predicted octanol–water partition coefficient (Wildman–Crippen LogP) is 1.78. The maximum Gasteiger partial charge on any atom is 0.308 e. The van der Waals surface area contributed by atoms with E-state index in [9.17, 15) is 14.0 Å². The molecule has 2 rings (SSSR count). The largest absolute Gasteiger partial charge is 0.493 e. The molecule has 120 valence electrons. The summed E-state index contributed by atoms with van der Waals surface area (Å²) < 4.78 is 24.3. The molecule has 1 fully saturated rings. The number of halogens is 1. The van der Waals surface area contributed by atoms with Gasteiger partial charge in [-0.25, -0.2) is 4.39 Å². The van der Waals surface area contributed by atoms with Crippen LogP contribution >= 0.6 is 0 Å². The Balaban J connectivity index is 2.40. The number of ether oxygens (including phenoxy) is 2. The fourth-order valence-electron chi connectivity index (χ4n) is 2.80. The van der Waals surface area contributed by atoms with Crippen LogP contribution in [0.2, 0.25) is 0 Å². The maximum absolute atomic E-state index is 14.1. The number of amides is 1. The van der Waals surface area contributed by atoms with Crippen molar-refractivity contribution in [2.45, 2.75) is 19.4 Å². The van der Waals surface area contributed by atoms with Crippen LogP contribution in [0.4, 0.5) is 4.39 Å². The molecule has 22 heavy (non-hydrogen) atoms. The highest BCUT2D eigenvalue weighted by Crippen LogP contribution is 2.35. The Kier molecular flexibility index (Phi) is 4.54. The Morgan fingerprint density at radius 3 is 2.50 bits per heavy atom. The summed E-state index contributed by atoms with van der Waals surface area (Å²) in [4.78, 5) is 25.2. The topological polar surface area (TPSA) is 76.1 Å². The van der Waals surface area contributed by atoms with Crippen LogP contribution in [0, 0.1) is 11.7 Å². The van der Waals surface area contributed by atoms with Gasteiger partial charge in [0.2, 0.25) is 0 Å². The normalized spacial score (nSPS) is 20.8. The molecular weight excluding hydrogens is 293 g/mol. The number of methoxy groups -OCH3 is 2. The van der Waals surface area contributed by atoms with Crippen LogP contribution in [0.15, 0.2) is 12.1 Å². The van der Waals surface area contributed by atoms with Crippen molar-refractivity contribution in [3.8, 4) is 11.5 Å². The number of carbonyl (C=O) groups excluding carboxylic acids is 1. The second-order valence-corrected chi connectivity index (χ2v) is 5.13. The third kappa shape index (κ3) is 2.58. The molecule has 0 aromatic heterocycles. The summed E-state index contributed by atoms with van der Waals surface area (Å²) in [6.07, 6.45) is 0.343. The number of aliphatic carboxylic acids is 1. The molecule has 1 aliphatic rings. The quantitative estimate of drug-likeness (QED) is 0.917. The molecule has 1 aliphatic heterocycles. The van der Waals surface area contributed by atoms with Gasteiger partial charge in [-0.3, -0.25) is 9.59 Å². The van der Waals surface area contributed by atoms with E-state index < -0.39 is 29.7 Å². The summed E-state index contributed by atoms with van der Waals surface area (Å²) in [5, 5.41) is 9.13. The van der Waals surface area contributed by atoms with Gasteiger partial charge in [-0.15, -0.1) is 0 Å². The van der Waals surface area contributed by atoms with Crippen LogP contribution in [-0.2, 0) is 4.79 Å². The molecule has 0 aliphatic carbocycles. The molecule has 1 N–H and O–H groups in total. The zero-order valence-electron chi connectivity index (χ0n) is 12.6. The summed E-state index contributed by atoms with van der Waals surface area (Å²) >= 11 is 0. The number of hydrogen-bond acceptors (Lipinski definition) is 4. The Morgan fingerprint density at radius 2 is 2.00 bits per heavy atom. The Morgan fingerprint density at radius 1 is 1.32 bits per heavy atom. The number of carboxylic acids is 1. The zero-order valence-corrected chi connectivity index (χ0v) is 12.6. The molecule has 0 saturated carbocycles. The van der Waals surface area contributed by atoms with E-state index in [0.29, 0.717) is 6.42 Å². The van der Waals surface area contributed by atoms with Crippen LogP contribution in [0.3, 0.4) is 0 Å². The first-order valence-electron chi connectivity index (χ1n) is 6.86. The Hall–Kier alpha value is -2.31. The number of rotatable bonds is 4. The van der Waals surface area contributed by atoms with E-state index in [1.807, 2.05) is 0 Å². The summed E-state index contributed by atoms with van der Waals surface area (Å²) in [6.45, 7) is 1.91. The second kappa shape index (κ2) is 6.21. The van der Waals surface area contributed by atoms with E-state index in [4.69, 9.17) is 14.6 Å². The molecule has 1 amide bonds. The highest BCUT2D eigenvalue weighted by Gasteiger charge is 2.40. The van der Waals surface area contributed by atoms with Gasteiger partial charge in [0, 0.05) is 12.6 Å². The van der Waals surface area contributed by atoms with E-state index >= 15 is 0 Å². The fourth-order valence-corrected chi connectivity index (χ4v) is 2.80.